The minimum absolute atomic E-state index is 0.0134. The smallest absolute Gasteiger partial charge is 0.253 e. The predicted octanol–water partition coefficient (Wildman–Crippen LogP) is 3.38. The number of furan rings is 1. The molecule has 0 fully saturated rings. The first-order chi connectivity index (χ1) is 10.1. The third kappa shape index (κ3) is 4.12. The summed E-state index contributed by atoms with van der Waals surface area (Å²) >= 11 is 0. The number of anilines is 1. The molecule has 1 aromatic carbocycles. The number of hydrogen-bond donors (Lipinski definition) is 2. The molecule has 0 aliphatic rings. The SMILES string of the molecule is CCNc1cc(C)ccc1C(=O)NC(C)Cc1ccco1. The molecule has 4 nitrogen and oxygen atoms in total. The Morgan fingerprint density at radius 2 is 2.14 bits per heavy atom. The summed E-state index contributed by atoms with van der Waals surface area (Å²) in [4.78, 5) is 12.4. The Morgan fingerprint density at radius 3 is 2.81 bits per heavy atom. The van der Waals surface area contributed by atoms with Crippen LogP contribution in [0.5, 0.6) is 0 Å². The number of rotatable bonds is 6. The number of amides is 1. The first kappa shape index (κ1) is 15.2. The Hall–Kier alpha value is -2.23. The Balaban J connectivity index is 2.05. The molecule has 1 heterocycles. The lowest BCUT2D eigenvalue weighted by Gasteiger charge is -2.16. The maximum atomic E-state index is 12.4. The molecule has 0 spiro atoms. The zero-order chi connectivity index (χ0) is 15.2. The molecule has 0 aliphatic heterocycles. The van der Waals surface area contributed by atoms with Gasteiger partial charge in [0.2, 0.25) is 0 Å². The molecule has 2 aromatic rings. The first-order valence-electron chi connectivity index (χ1n) is 7.28. The highest BCUT2D eigenvalue weighted by Gasteiger charge is 2.14. The molecule has 1 unspecified atom stereocenters. The van der Waals surface area contributed by atoms with Crippen LogP contribution in [-0.2, 0) is 6.42 Å². The van der Waals surface area contributed by atoms with Crippen molar-refractivity contribution in [2.75, 3.05) is 11.9 Å². The van der Waals surface area contributed by atoms with Crippen molar-refractivity contribution in [1.29, 1.82) is 0 Å². The van der Waals surface area contributed by atoms with Crippen molar-refractivity contribution in [3.63, 3.8) is 0 Å². The molecule has 112 valence electrons. The van der Waals surface area contributed by atoms with E-state index in [1.54, 1.807) is 6.26 Å². The third-order valence-corrected chi connectivity index (χ3v) is 3.25. The largest absolute Gasteiger partial charge is 0.469 e. The van der Waals surface area contributed by atoms with Gasteiger partial charge in [0, 0.05) is 24.7 Å². The molecule has 0 saturated carbocycles. The topological polar surface area (TPSA) is 54.3 Å². The van der Waals surface area contributed by atoms with Crippen molar-refractivity contribution >= 4 is 11.6 Å². The highest BCUT2D eigenvalue weighted by molar-refractivity contribution is 5.99. The molecular weight excluding hydrogens is 264 g/mol. The van der Waals surface area contributed by atoms with E-state index in [1.807, 2.05) is 51.1 Å². The molecule has 1 aromatic heterocycles. The lowest BCUT2D eigenvalue weighted by molar-refractivity contribution is 0.0940. The fourth-order valence-electron chi connectivity index (χ4n) is 2.28. The van der Waals surface area contributed by atoms with Crippen molar-refractivity contribution in [2.45, 2.75) is 33.2 Å². The number of hydrogen-bond acceptors (Lipinski definition) is 3. The maximum absolute atomic E-state index is 12.4. The van der Waals surface area contributed by atoms with Crippen LogP contribution in [0.2, 0.25) is 0 Å². The van der Waals surface area contributed by atoms with Gasteiger partial charge < -0.3 is 15.1 Å². The Bertz CT molecular complexity index is 591. The van der Waals surface area contributed by atoms with Crippen molar-refractivity contribution in [2.24, 2.45) is 0 Å². The van der Waals surface area contributed by atoms with Crippen LogP contribution in [0.4, 0.5) is 5.69 Å². The van der Waals surface area contributed by atoms with E-state index in [2.05, 4.69) is 10.6 Å². The molecule has 1 amide bonds. The zero-order valence-electron chi connectivity index (χ0n) is 12.8. The van der Waals surface area contributed by atoms with Gasteiger partial charge >= 0.3 is 0 Å². The lowest BCUT2D eigenvalue weighted by Crippen LogP contribution is -2.34. The summed E-state index contributed by atoms with van der Waals surface area (Å²) in [6, 6.07) is 9.59. The summed E-state index contributed by atoms with van der Waals surface area (Å²) in [7, 11) is 0. The second kappa shape index (κ2) is 6.97. The van der Waals surface area contributed by atoms with Crippen LogP contribution < -0.4 is 10.6 Å². The van der Waals surface area contributed by atoms with Crippen LogP contribution in [0.3, 0.4) is 0 Å². The van der Waals surface area contributed by atoms with Crippen LogP contribution in [0.25, 0.3) is 0 Å². The predicted molar refractivity (Wildman–Crippen MR) is 84.7 cm³/mol. The van der Waals surface area contributed by atoms with Gasteiger partial charge in [-0.2, -0.15) is 0 Å². The van der Waals surface area contributed by atoms with Crippen LogP contribution in [0, 0.1) is 6.92 Å². The standard InChI is InChI=1S/C17H22N2O2/c1-4-18-16-10-12(2)7-8-15(16)17(20)19-13(3)11-14-6-5-9-21-14/h5-10,13,18H,4,11H2,1-3H3,(H,19,20). The van der Waals surface area contributed by atoms with E-state index in [1.165, 1.54) is 0 Å². The fraction of sp³-hybridized carbons (Fsp3) is 0.353. The summed E-state index contributed by atoms with van der Waals surface area (Å²) in [6.07, 6.45) is 2.33. The van der Waals surface area contributed by atoms with E-state index in [0.29, 0.717) is 12.0 Å². The quantitative estimate of drug-likeness (QED) is 0.856. The third-order valence-electron chi connectivity index (χ3n) is 3.25. The second-order valence-electron chi connectivity index (χ2n) is 5.24. The Labute approximate surface area is 125 Å². The fourth-order valence-corrected chi connectivity index (χ4v) is 2.28. The molecule has 0 bridgehead atoms. The lowest BCUT2D eigenvalue weighted by atomic mass is 10.1. The minimum atomic E-state index is -0.0648. The summed E-state index contributed by atoms with van der Waals surface area (Å²) in [6.45, 7) is 6.79. The average molecular weight is 286 g/mol. The first-order valence-corrected chi connectivity index (χ1v) is 7.28. The van der Waals surface area contributed by atoms with Gasteiger partial charge in [0.25, 0.3) is 5.91 Å². The van der Waals surface area contributed by atoms with Gasteiger partial charge in [-0.1, -0.05) is 6.07 Å². The normalized spacial score (nSPS) is 12.0. The van der Waals surface area contributed by atoms with Crippen molar-refractivity contribution in [3.8, 4) is 0 Å². The molecular formula is C17H22N2O2. The van der Waals surface area contributed by atoms with Crippen LogP contribution in [-0.4, -0.2) is 18.5 Å². The Morgan fingerprint density at radius 1 is 1.33 bits per heavy atom. The number of benzene rings is 1. The van der Waals surface area contributed by atoms with E-state index >= 15 is 0 Å². The average Bonchev–Trinajstić information content (AvgIpc) is 2.91. The second-order valence-corrected chi connectivity index (χ2v) is 5.24. The van der Waals surface area contributed by atoms with E-state index in [9.17, 15) is 4.79 Å². The highest BCUT2D eigenvalue weighted by Crippen LogP contribution is 2.18. The minimum Gasteiger partial charge on any atom is -0.469 e. The van der Waals surface area contributed by atoms with Crippen LogP contribution in [0.1, 0.15) is 35.5 Å². The van der Waals surface area contributed by atoms with Crippen molar-refractivity contribution in [3.05, 3.63) is 53.5 Å². The zero-order valence-corrected chi connectivity index (χ0v) is 12.8. The molecule has 0 saturated heterocycles. The number of aryl methyl sites for hydroxylation is 1. The van der Waals surface area contributed by atoms with Gasteiger partial charge in [-0.3, -0.25) is 4.79 Å². The van der Waals surface area contributed by atoms with Gasteiger partial charge in [-0.15, -0.1) is 0 Å². The van der Waals surface area contributed by atoms with E-state index in [0.717, 1.165) is 23.6 Å². The van der Waals surface area contributed by atoms with E-state index in [-0.39, 0.29) is 11.9 Å². The molecule has 21 heavy (non-hydrogen) atoms. The van der Waals surface area contributed by atoms with E-state index in [4.69, 9.17) is 4.42 Å². The van der Waals surface area contributed by atoms with Gasteiger partial charge in [-0.05, 0) is 50.6 Å². The highest BCUT2D eigenvalue weighted by atomic mass is 16.3. The maximum Gasteiger partial charge on any atom is 0.253 e. The molecule has 0 radical (unpaired) electrons. The van der Waals surface area contributed by atoms with E-state index < -0.39 is 0 Å². The van der Waals surface area contributed by atoms with Gasteiger partial charge in [0.15, 0.2) is 0 Å². The number of nitrogens with one attached hydrogen (secondary N) is 2. The summed E-state index contributed by atoms with van der Waals surface area (Å²) < 4.78 is 5.31. The summed E-state index contributed by atoms with van der Waals surface area (Å²) in [5.74, 6) is 0.809. The van der Waals surface area contributed by atoms with Crippen LogP contribution >= 0.6 is 0 Å². The van der Waals surface area contributed by atoms with Crippen molar-refractivity contribution in [1.82, 2.24) is 5.32 Å². The molecule has 2 rings (SSSR count). The number of carbonyl (C=O) groups is 1. The van der Waals surface area contributed by atoms with Gasteiger partial charge in [-0.25, -0.2) is 0 Å². The molecule has 0 aliphatic carbocycles. The summed E-state index contributed by atoms with van der Waals surface area (Å²) in [5, 5.41) is 6.25. The monoisotopic (exact) mass is 286 g/mol. The van der Waals surface area contributed by atoms with Crippen molar-refractivity contribution < 1.29 is 9.21 Å². The Kier molecular flexibility index (Phi) is 5.04. The van der Waals surface area contributed by atoms with Crippen LogP contribution in [0.15, 0.2) is 41.0 Å². The molecule has 2 N–H and O–H groups in total. The molecule has 4 heteroatoms. The summed E-state index contributed by atoms with van der Waals surface area (Å²) in [5.41, 5.74) is 2.68. The molecule has 1 atom stereocenters. The van der Waals surface area contributed by atoms with Gasteiger partial charge in [0.05, 0.1) is 11.8 Å². The number of carbonyl (C=O) groups excluding carboxylic acids is 1. The van der Waals surface area contributed by atoms with Gasteiger partial charge in [0.1, 0.15) is 5.76 Å².